The van der Waals surface area contributed by atoms with Crippen molar-refractivity contribution < 1.29 is 32.3 Å². The average Bonchev–Trinajstić information content (AvgIpc) is 2.61. The van der Waals surface area contributed by atoms with Gasteiger partial charge in [0, 0.05) is 12.2 Å². The van der Waals surface area contributed by atoms with E-state index in [1.54, 1.807) is 6.92 Å². The molecule has 0 unspecified atom stereocenters. The van der Waals surface area contributed by atoms with Gasteiger partial charge in [0.2, 0.25) is 5.91 Å². The fraction of sp³-hybridized carbons (Fsp3) is 0.471. The van der Waals surface area contributed by atoms with Crippen LogP contribution in [0.15, 0.2) is 18.2 Å². The minimum atomic E-state index is -4.80. The molecule has 0 radical (unpaired) electrons. The third-order valence-corrected chi connectivity index (χ3v) is 4.32. The molecule has 1 aliphatic rings. The zero-order valence-electron chi connectivity index (χ0n) is 15.4. The van der Waals surface area contributed by atoms with Crippen LogP contribution in [0, 0.1) is 0 Å². The first kappa shape index (κ1) is 21.6. The van der Waals surface area contributed by atoms with Gasteiger partial charge in [0.25, 0.3) is 11.8 Å². The van der Waals surface area contributed by atoms with Crippen LogP contribution in [0.2, 0.25) is 0 Å². The molecule has 3 N–H and O–H groups in total. The number of morpholine rings is 1. The van der Waals surface area contributed by atoms with Crippen molar-refractivity contribution in [1.29, 1.82) is 0 Å². The van der Waals surface area contributed by atoms with E-state index in [2.05, 4.69) is 5.32 Å². The van der Waals surface area contributed by atoms with Gasteiger partial charge in [-0.2, -0.15) is 13.2 Å². The number of rotatable bonds is 6. The Bertz CT molecular complexity index is 769. The van der Waals surface area contributed by atoms with E-state index in [1.165, 1.54) is 22.9 Å². The Kier molecular flexibility index (Phi) is 6.62. The second-order valence-corrected chi connectivity index (χ2v) is 6.19. The highest BCUT2D eigenvalue weighted by Crippen LogP contribution is 2.37. The van der Waals surface area contributed by atoms with E-state index < -0.39 is 41.2 Å². The monoisotopic (exact) mass is 402 g/mol. The van der Waals surface area contributed by atoms with Gasteiger partial charge in [0.1, 0.15) is 6.61 Å². The lowest BCUT2D eigenvalue weighted by atomic mass is 10.1. The van der Waals surface area contributed by atoms with Gasteiger partial charge >= 0.3 is 6.18 Å². The summed E-state index contributed by atoms with van der Waals surface area (Å²) < 4.78 is 45.6. The number of anilines is 2. The third-order valence-electron chi connectivity index (χ3n) is 4.32. The molecule has 2 rings (SSSR count). The second kappa shape index (κ2) is 8.57. The number of nitrogens with two attached hydrogens (primary N) is 1. The Balaban J connectivity index is 2.37. The van der Waals surface area contributed by atoms with Gasteiger partial charge in [-0.15, -0.1) is 0 Å². The topological polar surface area (TPSA) is 105 Å². The molecule has 1 saturated heterocycles. The molecule has 3 amide bonds. The van der Waals surface area contributed by atoms with Gasteiger partial charge in [-0.05, 0) is 31.8 Å². The number of primary amides is 1. The lowest BCUT2D eigenvalue weighted by Gasteiger charge is -2.28. The van der Waals surface area contributed by atoms with Crippen LogP contribution < -0.4 is 16.0 Å². The Morgan fingerprint density at radius 2 is 2.07 bits per heavy atom. The number of ether oxygens (including phenoxy) is 1. The standard InChI is InChI=1S/C17H21F3N4O4/c1-3-23(2)14(15(21)26)16(27)22-12-5-4-10(8-11(12)17(18,19)20)24-6-7-28-9-13(24)25/h4-5,8,14H,3,6-7,9H2,1-2H3,(H2,21,26)(H,22,27)/t14-/m1/s1. The summed E-state index contributed by atoms with van der Waals surface area (Å²) >= 11 is 0. The predicted molar refractivity (Wildman–Crippen MR) is 94.5 cm³/mol. The van der Waals surface area contributed by atoms with Crippen LogP contribution in [0.5, 0.6) is 0 Å². The lowest BCUT2D eigenvalue weighted by molar-refractivity contribution is -0.137. The van der Waals surface area contributed by atoms with E-state index in [-0.39, 0.29) is 32.0 Å². The van der Waals surface area contributed by atoms with Crippen molar-refractivity contribution in [2.45, 2.75) is 19.1 Å². The molecule has 0 bridgehead atoms. The molecule has 154 valence electrons. The van der Waals surface area contributed by atoms with Crippen LogP contribution in [0.25, 0.3) is 0 Å². The number of amides is 3. The highest BCUT2D eigenvalue weighted by Gasteiger charge is 2.37. The smallest absolute Gasteiger partial charge is 0.370 e. The Morgan fingerprint density at radius 3 is 2.61 bits per heavy atom. The summed E-state index contributed by atoms with van der Waals surface area (Å²) in [4.78, 5) is 38.3. The molecule has 11 heteroatoms. The van der Waals surface area contributed by atoms with Crippen LogP contribution in [0.4, 0.5) is 24.5 Å². The van der Waals surface area contributed by atoms with Gasteiger partial charge in [-0.25, -0.2) is 0 Å². The number of carbonyl (C=O) groups excluding carboxylic acids is 3. The number of hydrogen-bond acceptors (Lipinski definition) is 5. The van der Waals surface area contributed by atoms with Crippen molar-refractivity contribution in [1.82, 2.24) is 4.90 Å². The number of alkyl halides is 3. The summed E-state index contributed by atoms with van der Waals surface area (Å²) in [7, 11) is 1.45. The van der Waals surface area contributed by atoms with Gasteiger partial charge in [0.15, 0.2) is 6.04 Å². The van der Waals surface area contributed by atoms with Gasteiger partial charge in [-0.3, -0.25) is 19.3 Å². The number of hydrogen-bond donors (Lipinski definition) is 2. The van der Waals surface area contributed by atoms with Crippen molar-refractivity contribution in [3.63, 3.8) is 0 Å². The summed E-state index contributed by atoms with van der Waals surface area (Å²) in [6.45, 7) is 2.05. The van der Waals surface area contributed by atoms with E-state index in [9.17, 15) is 27.6 Å². The number of halogens is 3. The van der Waals surface area contributed by atoms with Gasteiger partial charge < -0.3 is 20.7 Å². The number of nitrogens with one attached hydrogen (secondary N) is 1. The molecule has 1 fully saturated rings. The molecule has 8 nitrogen and oxygen atoms in total. The molecular weight excluding hydrogens is 381 g/mol. The maximum Gasteiger partial charge on any atom is 0.418 e. The number of benzene rings is 1. The zero-order chi connectivity index (χ0) is 21.1. The van der Waals surface area contributed by atoms with E-state index in [0.717, 1.165) is 12.1 Å². The molecule has 1 atom stereocenters. The summed E-state index contributed by atoms with van der Waals surface area (Å²) in [5.41, 5.74) is 3.58. The first-order valence-corrected chi connectivity index (χ1v) is 8.46. The Hall–Kier alpha value is -2.66. The Morgan fingerprint density at radius 1 is 1.39 bits per heavy atom. The normalized spacial score (nSPS) is 16.2. The van der Waals surface area contributed by atoms with E-state index in [4.69, 9.17) is 10.5 Å². The fourth-order valence-electron chi connectivity index (χ4n) is 2.76. The minimum absolute atomic E-state index is 0.0377. The summed E-state index contributed by atoms with van der Waals surface area (Å²) in [5.74, 6) is -2.42. The van der Waals surface area contributed by atoms with E-state index in [1.807, 2.05) is 0 Å². The molecule has 0 saturated carbocycles. The first-order valence-electron chi connectivity index (χ1n) is 8.46. The molecular formula is C17H21F3N4O4. The molecule has 0 aliphatic carbocycles. The molecule has 1 heterocycles. The van der Waals surface area contributed by atoms with Crippen LogP contribution in [-0.4, -0.2) is 62.0 Å². The van der Waals surface area contributed by atoms with E-state index in [0.29, 0.717) is 0 Å². The Labute approximate surface area is 159 Å². The van der Waals surface area contributed by atoms with Crippen LogP contribution >= 0.6 is 0 Å². The molecule has 1 aliphatic heterocycles. The quantitative estimate of drug-likeness (QED) is 0.686. The van der Waals surface area contributed by atoms with Crippen molar-refractivity contribution >= 4 is 29.1 Å². The van der Waals surface area contributed by atoms with E-state index >= 15 is 0 Å². The summed E-state index contributed by atoms with van der Waals surface area (Å²) in [6, 6.07) is 1.69. The van der Waals surface area contributed by atoms with Crippen molar-refractivity contribution in [3.8, 4) is 0 Å². The zero-order valence-corrected chi connectivity index (χ0v) is 15.4. The lowest BCUT2D eigenvalue weighted by Crippen LogP contribution is -2.50. The molecule has 0 aromatic heterocycles. The van der Waals surface area contributed by atoms with Crippen molar-refractivity contribution in [2.75, 3.05) is 43.6 Å². The average molecular weight is 402 g/mol. The van der Waals surface area contributed by atoms with Crippen LogP contribution in [0.3, 0.4) is 0 Å². The number of nitrogens with zero attached hydrogens (tertiary/aromatic N) is 2. The molecule has 1 aromatic carbocycles. The number of carbonyl (C=O) groups is 3. The fourth-order valence-corrected chi connectivity index (χ4v) is 2.76. The summed E-state index contributed by atoms with van der Waals surface area (Å²) in [5, 5.41) is 2.13. The largest absolute Gasteiger partial charge is 0.418 e. The number of likely N-dealkylation sites (N-methyl/N-ethyl adjacent to an activating group) is 1. The minimum Gasteiger partial charge on any atom is -0.370 e. The van der Waals surface area contributed by atoms with Crippen LogP contribution in [0.1, 0.15) is 12.5 Å². The highest BCUT2D eigenvalue weighted by molar-refractivity contribution is 6.10. The van der Waals surface area contributed by atoms with Crippen LogP contribution in [-0.2, 0) is 25.3 Å². The maximum atomic E-state index is 13.5. The first-order chi connectivity index (χ1) is 13.1. The van der Waals surface area contributed by atoms with Gasteiger partial charge in [0.05, 0.1) is 17.9 Å². The van der Waals surface area contributed by atoms with Crippen molar-refractivity contribution in [3.05, 3.63) is 23.8 Å². The van der Waals surface area contributed by atoms with Gasteiger partial charge in [-0.1, -0.05) is 6.92 Å². The molecule has 1 aromatic rings. The summed E-state index contributed by atoms with van der Waals surface area (Å²) in [6.07, 6.45) is -4.80. The molecule has 0 spiro atoms. The van der Waals surface area contributed by atoms with Crippen molar-refractivity contribution in [2.24, 2.45) is 5.73 Å². The predicted octanol–water partition coefficient (Wildman–Crippen LogP) is 0.813. The molecule has 28 heavy (non-hydrogen) atoms. The SMILES string of the molecule is CCN(C)[C@H](C(N)=O)C(=O)Nc1ccc(N2CCOCC2=O)cc1C(F)(F)F. The highest BCUT2D eigenvalue weighted by atomic mass is 19.4. The third kappa shape index (κ3) is 4.78. The maximum absolute atomic E-state index is 13.5. The second-order valence-electron chi connectivity index (χ2n) is 6.19.